The highest BCUT2D eigenvalue weighted by Crippen LogP contribution is 2.03. The van der Waals surface area contributed by atoms with Gasteiger partial charge < -0.3 is 5.73 Å². The molecule has 3 nitrogen and oxygen atoms in total. The van der Waals surface area contributed by atoms with Gasteiger partial charge in [-0.05, 0) is 17.7 Å². The van der Waals surface area contributed by atoms with Gasteiger partial charge in [0.25, 0.3) is 5.91 Å². The predicted octanol–water partition coefficient (Wildman–Crippen LogP) is 1.34. The van der Waals surface area contributed by atoms with Gasteiger partial charge >= 0.3 is 0 Å². The normalized spacial score (nSPS) is 8.75. The Hall–Kier alpha value is -0.800. The Labute approximate surface area is 81.3 Å². The van der Waals surface area contributed by atoms with Crippen molar-refractivity contribution in [3.05, 3.63) is 29.6 Å². The number of halogens is 2. The third-order valence-corrected chi connectivity index (χ3v) is 1.54. The maximum Gasteiger partial charge on any atom is 0.267 e. The third-order valence-electron chi connectivity index (χ3n) is 1.23. The summed E-state index contributed by atoms with van der Waals surface area (Å²) >= 11 is 5.52. The molecule has 0 aliphatic rings. The standard InChI is InChI=1S/C7H7ClN2O.ClH/c8-4-5-1-2-10-6(3-5)7(9)11;/h1-3H,4H2,(H2,9,11);1H. The summed E-state index contributed by atoms with van der Waals surface area (Å²) in [6.45, 7) is 0. The fraction of sp³-hybridized carbons (Fsp3) is 0.143. The molecule has 0 bridgehead atoms. The lowest BCUT2D eigenvalue weighted by atomic mass is 10.2. The average molecular weight is 207 g/mol. The molecule has 1 heterocycles. The lowest BCUT2D eigenvalue weighted by Gasteiger charge is -1.96. The zero-order chi connectivity index (χ0) is 8.27. The van der Waals surface area contributed by atoms with E-state index in [2.05, 4.69) is 4.98 Å². The van der Waals surface area contributed by atoms with Crippen molar-refractivity contribution < 1.29 is 4.79 Å². The summed E-state index contributed by atoms with van der Waals surface area (Å²) in [6, 6.07) is 3.31. The molecule has 12 heavy (non-hydrogen) atoms. The molecule has 0 aromatic carbocycles. The van der Waals surface area contributed by atoms with Gasteiger partial charge in [0.05, 0.1) is 0 Å². The van der Waals surface area contributed by atoms with E-state index in [4.69, 9.17) is 17.3 Å². The fourth-order valence-electron chi connectivity index (χ4n) is 0.692. The lowest BCUT2D eigenvalue weighted by molar-refractivity contribution is 0.0995. The van der Waals surface area contributed by atoms with Crippen molar-refractivity contribution in [3.63, 3.8) is 0 Å². The maximum absolute atomic E-state index is 10.6. The van der Waals surface area contributed by atoms with Crippen LogP contribution in [0.25, 0.3) is 0 Å². The summed E-state index contributed by atoms with van der Waals surface area (Å²) in [5.41, 5.74) is 6.09. The summed E-state index contributed by atoms with van der Waals surface area (Å²) in [4.78, 5) is 14.3. The first-order valence-electron chi connectivity index (χ1n) is 3.04. The number of amides is 1. The minimum atomic E-state index is -0.531. The molecule has 0 spiro atoms. The van der Waals surface area contributed by atoms with Crippen molar-refractivity contribution in [2.75, 3.05) is 0 Å². The Morgan fingerprint density at radius 3 is 2.83 bits per heavy atom. The molecule has 0 saturated carbocycles. The van der Waals surface area contributed by atoms with Crippen LogP contribution in [0.5, 0.6) is 0 Å². The van der Waals surface area contributed by atoms with Crippen LogP contribution in [0, 0.1) is 0 Å². The molecule has 1 rings (SSSR count). The Kier molecular flexibility index (Phi) is 4.62. The Bertz CT molecular complexity index is 278. The summed E-state index contributed by atoms with van der Waals surface area (Å²) in [5.74, 6) is -0.167. The molecule has 0 saturated heterocycles. The minimum absolute atomic E-state index is 0. The number of alkyl halides is 1. The Morgan fingerprint density at radius 2 is 2.33 bits per heavy atom. The minimum Gasteiger partial charge on any atom is -0.364 e. The number of nitrogens with zero attached hydrogens (tertiary/aromatic N) is 1. The summed E-state index contributed by atoms with van der Waals surface area (Å²) in [6.07, 6.45) is 1.51. The van der Waals surface area contributed by atoms with Crippen molar-refractivity contribution in [1.29, 1.82) is 0 Å². The number of carbonyl (C=O) groups excluding carboxylic acids is 1. The Balaban J connectivity index is 0.00000121. The zero-order valence-electron chi connectivity index (χ0n) is 6.16. The van der Waals surface area contributed by atoms with Crippen LogP contribution in [0.15, 0.2) is 18.3 Å². The zero-order valence-corrected chi connectivity index (χ0v) is 7.73. The fourth-order valence-corrected chi connectivity index (χ4v) is 0.858. The number of aromatic nitrogens is 1. The summed E-state index contributed by atoms with van der Waals surface area (Å²) in [7, 11) is 0. The van der Waals surface area contributed by atoms with Crippen LogP contribution in [-0.4, -0.2) is 10.9 Å². The van der Waals surface area contributed by atoms with Crippen molar-refractivity contribution in [2.24, 2.45) is 5.73 Å². The van der Waals surface area contributed by atoms with Crippen LogP contribution in [0.2, 0.25) is 0 Å². The van der Waals surface area contributed by atoms with Gasteiger partial charge in [-0.15, -0.1) is 24.0 Å². The van der Waals surface area contributed by atoms with E-state index in [0.717, 1.165) is 5.56 Å². The van der Waals surface area contributed by atoms with Gasteiger partial charge in [0.1, 0.15) is 5.69 Å². The first-order valence-corrected chi connectivity index (χ1v) is 3.58. The Morgan fingerprint density at radius 1 is 1.67 bits per heavy atom. The van der Waals surface area contributed by atoms with Gasteiger partial charge in [-0.1, -0.05) is 0 Å². The lowest BCUT2D eigenvalue weighted by Crippen LogP contribution is -2.12. The molecular formula is C7H8Cl2N2O. The molecule has 0 radical (unpaired) electrons. The van der Waals surface area contributed by atoms with E-state index in [1.54, 1.807) is 12.1 Å². The monoisotopic (exact) mass is 206 g/mol. The van der Waals surface area contributed by atoms with Gasteiger partial charge in [-0.25, -0.2) is 0 Å². The molecule has 0 fully saturated rings. The SMILES string of the molecule is Cl.NC(=O)c1cc(CCl)ccn1. The average Bonchev–Trinajstić information content (AvgIpc) is 2.05. The first-order chi connectivity index (χ1) is 5.24. The highest BCUT2D eigenvalue weighted by atomic mass is 35.5. The van der Waals surface area contributed by atoms with Crippen molar-refractivity contribution >= 4 is 29.9 Å². The van der Waals surface area contributed by atoms with Gasteiger partial charge in [-0.3, -0.25) is 9.78 Å². The van der Waals surface area contributed by atoms with E-state index in [1.165, 1.54) is 6.20 Å². The second-order valence-electron chi connectivity index (χ2n) is 2.05. The molecule has 2 N–H and O–H groups in total. The predicted molar refractivity (Wildman–Crippen MR) is 49.6 cm³/mol. The van der Waals surface area contributed by atoms with Crippen LogP contribution >= 0.6 is 24.0 Å². The molecule has 1 amide bonds. The topological polar surface area (TPSA) is 56.0 Å². The second kappa shape index (κ2) is 4.95. The number of hydrogen-bond acceptors (Lipinski definition) is 2. The molecule has 1 aromatic rings. The quantitative estimate of drug-likeness (QED) is 0.744. The number of primary amides is 1. The van der Waals surface area contributed by atoms with Crippen LogP contribution in [-0.2, 0) is 5.88 Å². The molecule has 0 aliphatic heterocycles. The van der Waals surface area contributed by atoms with Crippen LogP contribution < -0.4 is 5.73 Å². The highest BCUT2D eigenvalue weighted by molar-refractivity contribution is 6.17. The van der Waals surface area contributed by atoms with Crippen LogP contribution in [0.1, 0.15) is 16.1 Å². The molecule has 0 aliphatic carbocycles. The van der Waals surface area contributed by atoms with Crippen LogP contribution in [0.4, 0.5) is 0 Å². The van der Waals surface area contributed by atoms with E-state index in [9.17, 15) is 4.79 Å². The summed E-state index contributed by atoms with van der Waals surface area (Å²) in [5, 5.41) is 0. The number of carbonyl (C=O) groups is 1. The third kappa shape index (κ3) is 2.68. The van der Waals surface area contributed by atoms with Gasteiger partial charge in [-0.2, -0.15) is 0 Å². The van der Waals surface area contributed by atoms with E-state index >= 15 is 0 Å². The van der Waals surface area contributed by atoms with E-state index in [-0.39, 0.29) is 18.1 Å². The van der Waals surface area contributed by atoms with Crippen LogP contribution in [0.3, 0.4) is 0 Å². The number of pyridine rings is 1. The molecule has 0 unspecified atom stereocenters. The number of rotatable bonds is 2. The second-order valence-corrected chi connectivity index (χ2v) is 2.31. The van der Waals surface area contributed by atoms with Crippen molar-refractivity contribution in [2.45, 2.75) is 5.88 Å². The van der Waals surface area contributed by atoms with Gasteiger partial charge in [0.15, 0.2) is 0 Å². The molecular weight excluding hydrogens is 199 g/mol. The molecule has 0 atom stereocenters. The highest BCUT2D eigenvalue weighted by Gasteiger charge is 2.00. The number of nitrogens with two attached hydrogens (primary N) is 1. The van der Waals surface area contributed by atoms with Gasteiger partial charge in [0.2, 0.25) is 0 Å². The maximum atomic E-state index is 10.6. The molecule has 66 valence electrons. The molecule has 5 heteroatoms. The van der Waals surface area contributed by atoms with E-state index in [0.29, 0.717) is 5.88 Å². The van der Waals surface area contributed by atoms with Crippen molar-refractivity contribution in [1.82, 2.24) is 4.98 Å². The molecule has 1 aromatic heterocycles. The summed E-state index contributed by atoms with van der Waals surface area (Å²) < 4.78 is 0. The van der Waals surface area contributed by atoms with Crippen molar-refractivity contribution in [3.8, 4) is 0 Å². The van der Waals surface area contributed by atoms with Gasteiger partial charge in [0, 0.05) is 12.1 Å². The van der Waals surface area contributed by atoms with E-state index < -0.39 is 5.91 Å². The first kappa shape index (κ1) is 11.2. The largest absolute Gasteiger partial charge is 0.364 e. The smallest absolute Gasteiger partial charge is 0.267 e. The van der Waals surface area contributed by atoms with E-state index in [1.807, 2.05) is 0 Å². The number of hydrogen-bond donors (Lipinski definition) is 1.